The van der Waals surface area contributed by atoms with Gasteiger partial charge < -0.3 is 29.4 Å². The van der Waals surface area contributed by atoms with Gasteiger partial charge >= 0.3 is 24.1 Å². The van der Waals surface area contributed by atoms with Crippen LogP contribution in [-0.4, -0.2) is 143 Å². The van der Waals surface area contributed by atoms with Gasteiger partial charge in [0.2, 0.25) is 0 Å². The molecule has 28 heavy (non-hydrogen) atoms. The van der Waals surface area contributed by atoms with E-state index in [4.69, 9.17) is 0 Å². The molecule has 0 saturated carbocycles. The zero-order valence-electron chi connectivity index (χ0n) is 16.9. The van der Waals surface area contributed by atoms with Crippen LogP contribution in [0.4, 0.5) is 19.2 Å². The number of hydrogen-bond acceptors (Lipinski definition) is 4. The molecule has 0 bridgehead atoms. The van der Waals surface area contributed by atoms with E-state index in [0.717, 1.165) is 0 Å². The second-order valence-corrected chi connectivity index (χ2v) is 7.84. The maximum absolute atomic E-state index is 12.8. The molecule has 8 amide bonds. The monoisotopic (exact) mass is 394 g/mol. The average molecular weight is 394 g/mol. The quantitative estimate of drug-likeness (QED) is 0.615. The van der Waals surface area contributed by atoms with Gasteiger partial charge in [-0.15, -0.1) is 0 Å². The average Bonchev–Trinajstić information content (AvgIpc) is 3.23. The van der Waals surface area contributed by atoms with Crippen molar-refractivity contribution in [2.75, 3.05) is 55.4 Å². The Morgan fingerprint density at radius 1 is 0.464 bits per heavy atom. The van der Waals surface area contributed by atoms with Gasteiger partial charge in [-0.3, -0.25) is 9.80 Å². The maximum atomic E-state index is 12.8. The largest absolute Gasteiger partial charge is 0.323 e. The number of carbonyl (C=O) groups is 4. The number of likely N-dealkylation sites (N-methyl/N-ethyl adjacent to an activating group) is 6. The summed E-state index contributed by atoms with van der Waals surface area (Å²) in [6.07, 6.45) is -1.55. The predicted octanol–water partition coefficient (Wildman–Crippen LogP) is -0.980. The first-order valence-electron chi connectivity index (χ1n) is 9.15. The molecule has 4 heterocycles. The number of carbonyl (C=O) groups excluding carboxylic acids is 4. The highest BCUT2D eigenvalue weighted by Crippen LogP contribution is 2.34. The standard InChI is InChI=1S/C16H26N8O4/c1-17-9-11(21(5)13(17)25)23(15(27)19(9)3)7-8-24-12-10(20(4)16(24)28)18(2)14(26)22(12)6/h9-12H,7-8H2,1-6H3/t9-,10-,11-,12+/m0/s1. The summed E-state index contributed by atoms with van der Waals surface area (Å²) < 4.78 is 0. The van der Waals surface area contributed by atoms with Gasteiger partial charge in [0.25, 0.3) is 0 Å². The maximum Gasteiger partial charge on any atom is 0.323 e. The summed E-state index contributed by atoms with van der Waals surface area (Å²) in [6, 6.07) is -0.685. The molecule has 4 atom stereocenters. The first kappa shape index (κ1) is 18.4. The summed E-state index contributed by atoms with van der Waals surface area (Å²) in [5, 5.41) is 0. The molecule has 0 spiro atoms. The smallest absolute Gasteiger partial charge is 0.303 e. The molecule has 4 rings (SSSR count). The van der Waals surface area contributed by atoms with Gasteiger partial charge in [0.1, 0.15) is 24.7 Å². The van der Waals surface area contributed by atoms with Crippen LogP contribution in [-0.2, 0) is 0 Å². The predicted molar refractivity (Wildman–Crippen MR) is 96.7 cm³/mol. The van der Waals surface area contributed by atoms with Crippen LogP contribution in [0.2, 0.25) is 0 Å². The summed E-state index contributed by atoms with van der Waals surface area (Å²) in [4.78, 5) is 62.7. The van der Waals surface area contributed by atoms with E-state index >= 15 is 0 Å². The minimum absolute atomic E-state index is 0.154. The van der Waals surface area contributed by atoms with Crippen molar-refractivity contribution in [3.05, 3.63) is 0 Å². The molecular weight excluding hydrogens is 368 g/mol. The van der Waals surface area contributed by atoms with E-state index in [-0.39, 0.29) is 49.5 Å². The van der Waals surface area contributed by atoms with Crippen LogP contribution in [0.3, 0.4) is 0 Å². The highest BCUT2D eigenvalue weighted by Gasteiger charge is 2.58. The van der Waals surface area contributed by atoms with Crippen LogP contribution < -0.4 is 0 Å². The number of nitrogens with zero attached hydrogens (tertiary/aromatic N) is 8. The lowest BCUT2D eigenvalue weighted by Crippen LogP contribution is -2.51. The van der Waals surface area contributed by atoms with Gasteiger partial charge in [0.05, 0.1) is 0 Å². The molecule has 0 aromatic carbocycles. The van der Waals surface area contributed by atoms with E-state index in [2.05, 4.69) is 0 Å². The molecule has 0 aromatic rings. The van der Waals surface area contributed by atoms with Crippen LogP contribution in [0.15, 0.2) is 0 Å². The number of fused-ring (bicyclic) bond motifs is 2. The molecule has 0 unspecified atom stereocenters. The summed E-state index contributed by atoms with van der Waals surface area (Å²) in [6.45, 7) is 0.536. The Labute approximate surface area is 163 Å². The van der Waals surface area contributed by atoms with Crippen molar-refractivity contribution < 1.29 is 19.2 Å². The Bertz CT molecular complexity index is 699. The number of urea groups is 4. The lowest BCUT2D eigenvalue weighted by molar-refractivity contribution is 0.111. The van der Waals surface area contributed by atoms with Crippen molar-refractivity contribution >= 4 is 24.1 Å². The van der Waals surface area contributed by atoms with Crippen LogP contribution >= 0.6 is 0 Å². The van der Waals surface area contributed by atoms with E-state index in [1.165, 1.54) is 0 Å². The lowest BCUT2D eigenvalue weighted by Gasteiger charge is -2.31. The van der Waals surface area contributed by atoms with Crippen LogP contribution in [0.25, 0.3) is 0 Å². The molecule has 4 saturated heterocycles. The van der Waals surface area contributed by atoms with E-state index in [0.29, 0.717) is 0 Å². The summed E-state index contributed by atoms with van der Waals surface area (Å²) in [5.74, 6) is 0. The highest BCUT2D eigenvalue weighted by molar-refractivity contribution is 5.86. The van der Waals surface area contributed by atoms with E-state index in [1.807, 2.05) is 0 Å². The molecule has 4 aliphatic rings. The second-order valence-electron chi connectivity index (χ2n) is 7.84. The number of amides is 8. The van der Waals surface area contributed by atoms with Crippen molar-refractivity contribution in [3.8, 4) is 0 Å². The second kappa shape index (κ2) is 5.79. The normalized spacial score (nSPS) is 32.6. The van der Waals surface area contributed by atoms with Gasteiger partial charge in [-0.05, 0) is 0 Å². The van der Waals surface area contributed by atoms with Crippen LogP contribution in [0.1, 0.15) is 0 Å². The van der Waals surface area contributed by atoms with Gasteiger partial charge in [-0.2, -0.15) is 0 Å². The third-order valence-electron chi connectivity index (χ3n) is 6.44. The van der Waals surface area contributed by atoms with Crippen molar-refractivity contribution in [1.82, 2.24) is 39.2 Å². The first-order chi connectivity index (χ1) is 13.1. The summed E-state index contributed by atoms with van der Waals surface area (Å²) in [7, 11) is 10.0. The zero-order chi connectivity index (χ0) is 20.7. The molecule has 0 aromatic heterocycles. The minimum atomic E-state index is -0.410. The minimum Gasteiger partial charge on any atom is -0.303 e. The number of rotatable bonds is 3. The van der Waals surface area contributed by atoms with Gasteiger partial charge in [0, 0.05) is 55.4 Å². The van der Waals surface area contributed by atoms with Crippen molar-refractivity contribution in [2.45, 2.75) is 24.7 Å². The van der Waals surface area contributed by atoms with E-state index in [9.17, 15) is 19.2 Å². The third kappa shape index (κ3) is 2.05. The molecule has 4 aliphatic heterocycles. The van der Waals surface area contributed by atoms with Gasteiger partial charge in [-0.25, -0.2) is 19.2 Å². The Morgan fingerprint density at radius 2 is 0.714 bits per heavy atom. The molecule has 12 nitrogen and oxygen atoms in total. The fourth-order valence-corrected chi connectivity index (χ4v) is 4.94. The van der Waals surface area contributed by atoms with Crippen molar-refractivity contribution in [1.29, 1.82) is 0 Å². The zero-order valence-corrected chi connectivity index (χ0v) is 16.9. The fraction of sp³-hybridized carbons (Fsp3) is 0.750. The van der Waals surface area contributed by atoms with Crippen LogP contribution in [0, 0.1) is 0 Å². The Kier molecular flexibility index (Phi) is 3.81. The molecule has 4 fully saturated rings. The lowest BCUT2D eigenvalue weighted by atomic mass is 10.3. The molecule has 0 aliphatic carbocycles. The molecular formula is C16H26N8O4. The third-order valence-corrected chi connectivity index (χ3v) is 6.44. The Morgan fingerprint density at radius 3 is 1.04 bits per heavy atom. The summed E-state index contributed by atoms with van der Waals surface area (Å²) >= 11 is 0. The molecule has 154 valence electrons. The highest BCUT2D eigenvalue weighted by atomic mass is 16.2. The first-order valence-corrected chi connectivity index (χ1v) is 9.15. The SMILES string of the molecule is CN1C(=O)N(C)[C@H]2[C@@H]1N(C)C(=O)N2CCN1C(=O)N(C)[C@H]2[C@H]1N(C)C(=O)N2C. The Hall–Kier alpha value is -2.92. The van der Waals surface area contributed by atoms with Crippen molar-refractivity contribution in [3.63, 3.8) is 0 Å². The number of hydrogen-bond donors (Lipinski definition) is 0. The Balaban J connectivity index is 1.54. The van der Waals surface area contributed by atoms with Gasteiger partial charge in [0.15, 0.2) is 0 Å². The van der Waals surface area contributed by atoms with E-state index in [1.54, 1.807) is 81.5 Å². The fourth-order valence-electron chi connectivity index (χ4n) is 4.94. The summed E-state index contributed by atoms with van der Waals surface area (Å²) in [5.41, 5.74) is 0. The van der Waals surface area contributed by atoms with Crippen molar-refractivity contribution in [2.24, 2.45) is 0 Å². The topological polar surface area (TPSA) is 94.2 Å². The van der Waals surface area contributed by atoms with Gasteiger partial charge in [-0.1, -0.05) is 0 Å². The molecule has 0 radical (unpaired) electrons. The van der Waals surface area contributed by atoms with Crippen LogP contribution in [0.5, 0.6) is 0 Å². The molecule has 0 N–H and O–H groups in total. The molecule has 12 heteroatoms. The van der Waals surface area contributed by atoms with E-state index < -0.39 is 12.3 Å².